The van der Waals surface area contributed by atoms with Crippen molar-refractivity contribution in [1.82, 2.24) is 9.97 Å². The molecule has 0 saturated carbocycles. The maximum Gasteiger partial charge on any atom is 0.0708 e. The molecule has 0 atom stereocenters. The third-order valence-corrected chi connectivity index (χ3v) is 6.35. The monoisotopic (exact) mass is 504 g/mol. The van der Waals surface area contributed by atoms with Gasteiger partial charge in [-0.15, -0.1) is 0 Å². The molecule has 0 saturated heterocycles. The quantitative estimate of drug-likeness (QED) is 0.245. The zero-order valence-corrected chi connectivity index (χ0v) is 19.3. The van der Waals surface area contributed by atoms with Crippen LogP contribution in [0.15, 0.2) is 95.9 Å². The molecule has 2 aromatic heterocycles. The summed E-state index contributed by atoms with van der Waals surface area (Å²) in [6.45, 7) is 0. The maximum atomic E-state index is 6.74. The topological polar surface area (TPSA) is 25.8 Å². The Hall–Kier alpha value is -2.72. The number of pyridine rings is 2. The van der Waals surface area contributed by atoms with Gasteiger partial charge >= 0.3 is 0 Å². The molecule has 0 amide bonds. The number of rotatable bonds is 3. The Kier molecular flexibility index (Phi) is 5.49. The first-order valence-corrected chi connectivity index (χ1v) is 11.2. The molecule has 31 heavy (non-hydrogen) atoms. The molecule has 0 fully saturated rings. The van der Waals surface area contributed by atoms with Crippen LogP contribution in [0.4, 0.5) is 0 Å². The summed E-state index contributed by atoms with van der Waals surface area (Å²) in [6, 6.07) is 23.9. The van der Waals surface area contributed by atoms with Crippen LogP contribution in [-0.4, -0.2) is 9.97 Å². The number of halogens is 3. The van der Waals surface area contributed by atoms with E-state index in [-0.39, 0.29) is 0 Å². The van der Waals surface area contributed by atoms with Gasteiger partial charge in [-0.3, -0.25) is 9.97 Å². The molecule has 0 unspecified atom stereocenters. The lowest BCUT2D eigenvalue weighted by Gasteiger charge is -2.20. The fraction of sp³-hybridized carbons (Fsp3) is 0. The highest BCUT2D eigenvalue weighted by Crippen LogP contribution is 2.48. The molecule has 0 spiro atoms. The third kappa shape index (κ3) is 3.74. The summed E-state index contributed by atoms with van der Waals surface area (Å²) in [6.07, 6.45) is 5.39. The number of aromatic nitrogens is 2. The first-order valence-electron chi connectivity index (χ1n) is 9.66. The van der Waals surface area contributed by atoms with E-state index in [4.69, 9.17) is 23.2 Å². The van der Waals surface area contributed by atoms with Gasteiger partial charge in [0.15, 0.2) is 0 Å². The molecule has 0 aliphatic carbocycles. The van der Waals surface area contributed by atoms with E-state index in [2.05, 4.69) is 44.1 Å². The summed E-state index contributed by atoms with van der Waals surface area (Å²) in [5.74, 6) is 0. The summed E-state index contributed by atoms with van der Waals surface area (Å²) >= 11 is 17.1. The van der Waals surface area contributed by atoms with Gasteiger partial charge in [0, 0.05) is 49.8 Å². The van der Waals surface area contributed by atoms with E-state index in [0.29, 0.717) is 10.0 Å². The van der Waals surface area contributed by atoms with Crippen molar-refractivity contribution in [2.45, 2.75) is 0 Å². The van der Waals surface area contributed by atoms with E-state index >= 15 is 0 Å². The molecule has 0 aliphatic heterocycles. The summed E-state index contributed by atoms with van der Waals surface area (Å²) in [7, 11) is 0. The summed E-state index contributed by atoms with van der Waals surface area (Å²) in [4.78, 5) is 8.86. The molecule has 5 aromatic rings. The minimum atomic E-state index is 0.592. The van der Waals surface area contributed by atoms with Crippen molar-refractivity contribution in [1.29, 1.82) is 0 Å². The van der Waals surface area contributed by atoms with Crippen molar-refractivity contribution in [3.05, 3.63) is 106 Å². The highest BCUT2D eigenvalue weighted by atomic mass is 79.9. The zero-order valence-electron chi connectivity index (χ0n) is 16.2. The lowest BCUT2D eigenvalue weighted by atomic mass is 9.85. The Labute approximate surface area is 198 Å². The average molecular weight is 506 g/mol. The van der Waals surface area contributed by atoms with Gasteiger partial charge in [0.2, 0.25) is 0 Å². The van der Waals surface area contributed by atoms with Crippen LogP contribution in [0.3, 0.4) is 0 Å². The van der Waals surface area contributed by atoms with Crippen LogP contribution in [0.2, 0.25) is 10.0 Å². The lowest BCUT2D eigenvalue weighted by molar-refractivity contribution is 1.32. The van der Waals surface area contributed by atoms with Gasteiger partial charge in [-0.25, -0.2) is 0 Å². The molecule has 150 valence electrons. The maximum absolute atomic E-state index is 6.74. The predicted molar refractivity (Wildman–Crippen MR) is 134 cm³/mol. The van der Waals surface area contributed by atoms with Gasteiger partial charge in [0.05, 0.1) is 5.69 Å². The molecule has 3 aromatic carbocycles. The minimum Gasteiger partial charge on any atom is -0.265 e. The second-order valence-corrected chi connectivity index (χ2v) is 8.82. The van der Waals surface area contributed by atoms with E-state index in [1.165, 1.54) is 0 Å². The molecular weight excluding hydrogens is 491 g/mol. The Bertz CT molecular complexity index is 1380. The van der Waals surface area contributed by atoms with Crippen LogP contribution in [0.5, 0.6) is 0 Å². The van der Waals surface area contributed by atoms with Crippen LogP contribution in [0.1, 0.15) is 0 Å². The second kappa shape index (κ2) is 8.43. The van der Waals surface area contributed by atoms with Crippen LogP contribution in [0.25, 0.3) is 44.3 Å². The zero-order chi connectivity index (χ0) is 21.4. The van der Waals surface area contributed by atoms with Gasteiger partial charge in [-0.1, -0.05) is 57.3 Å². The van der Waals surface area contributed by atoms with E-state index in [1.54, 1.807) is 18.6 Å². The highest BCUT2D eigenvalue weighted by molar-refractivity contribution is 9.10. The molecule has 0 N–H and O–H groups in total. The van der Waals surface area contributed by atoms with Gasteiger partial charge in [-0.05, 0) is 76.5 Å². The molecule has 5 rings (SSSR count). The SMILES string of the molecule is Clc1cccc(Cl)c1-c1c(-c2ccccn2)cc2ccc(Br)cc2c1-c1ccncc1. The molecule has 5 heteroatoms. The number of hydrogen-bond donors (Lipinski definition) is 0. The summed E-state index contributed by atoms with van der Waals surface area (Å²) in [5.41, 5.74) is 5.64. The number of nitrogens with zero attached hydrogens (tertiary/aromatic N) is 2. The Morgan fingerprint density at radius 1 is 0.677 bits per heavy atom. The normalized spacial score (nSPS) is 11.1. The van der Waals surface area contributed by atoms with Crippen molar-refractivity contribution in [2.75, 3.05) is 0 Å². The smallest absolute Gasteiger partial charge is 0.0708 e. The Morgan fingerprint density at radius 3 is 2.16 bits per heavy atom. The standard InChI is InChI=1S/C26H15BrCl2N2/c27-18-8-7-17-14-20(23-6-1-2-11-31-23)25(26-21(28)4-3-5-22(26)29)24(19(17)15-18)16-9-12-30-13-10-16/h1-15H. The van der Waals surface area contributed by atoms with Crippen LogP contribution >= 0.6 is 39.1 Å². The van der Waals surface area contributed by atoms with Crippen LogP contribution in [-0.2, 0) is 0 Å². The van der Waals surface area contributed by atoms with E-state index in [1.807, 2.05) is 54.6 Å². The predicted octanol–water partition coefficient (Wildman–Crippen LogP) is 8.70. The van der Waals surface area contributed by atoms with E-state index in [9.17, 15) is 0 Å². The molecule has 0 radical (unpaired) electrons. The molecular formula is C26H15BrCl2N2. The van der Waals surface area contributed by atoms with Crippen LogP contribution in [0, 0.1) is 0 Å². The second-order valence-electron chi connectivity index (χ2n) is 7.09. The van der Waals surface area contributed by atoms with Crippen molar-refractivity contribution in [2.24, 2.45) is 0 Å². The van der Waals surface area contributed by atoms with Gasteiger partial charge in [0.1, 0.15) is 0 Å². The number of fused-ring (bicyclic) bond motifs is 1. The van der Waals surface area contributed by atoms with Crippen LogP contribution < -0.4 is 0 Å². The minimum absolute atomic E-state index is 0.592. The molecule has 0 bridgehead atoms. The van der Waals surface area contributed by atoms with E-state index < -0.39 is 0 Å². The fourth-order valence-electron chi connectivity index (χ4n) is 3.91. The Balaban J connectivity index is 2.03. The molecule has 0 aliphatic rings. The van der Waals surface area contributed by atoms with E-state index in [0.717, 1.165) is 48.8 Å². The summed E-state index contributed by atoms with van der Waals surface area (Å²) < 4.78 is 0.997. The van der Waals surface area contributed by atoms with Gasteiger partial charge < -0.3 is 0 Å². The summed E-state index contributed by atoms with van der Waals surface area (Å²) in [5, 5.41) is 3.37. The molecule has 2 nitrogen and oxygen atoms in total. The first-order chi connectivity index (χ1) is 15.1. The van der Waals surface area contributed by atoms with Crippen molar-refractivity contribution in [3.8, 4) is 33.5 Å². The van der Waals surface area contributed by atoms with Gasteiger partial charge in [-0.2, -0.15) is 0 Å². The first kappa shape index (κ1) is 20.2. The third-order valence-electron chi connectivity index (χ3n) is 5.23. The number of benzene rings is 3. The van der Waals surface area contributed by atoms with Crippen molar-refractivity contribution < 1.29 is 0 Å². The average Bonchev–Trinajstić information content (AvgIpc) is 2.79. The van der Waals surface area contributed by atoms with Crippen molar-refractivity contribution >= 4 is 49.9 Å². The fourth-order valence-corrected chi connectivity index (χ4v) is 4.85. The van der Waals surface area contributed by atoms with Crippen molar-refractivity contribution in [3.63, 3.8) is 0 Å². The largest absolute Gasteiger partial charge is 0.265 e. The Morgan fingerprint density at radius 2 is 1.45 bits per heavy atom. The molecule has 2 heterocycles. The lowest BCUT2D eigenvalue weighted by Crippen LogP contribution is -1.96. The number of hydrogen-bond acceptors (Lipinski definition) is 2. The highest BCUT2D eigenvalue weighted by Gasteiger charge is 2.22. The van der Waals surface area contributed by atoms with Gasteiger partial charge in [0.25, 0.3) is 0 Å².